The molecular weight excluding hydrogens is 340 g/mol. The summed E-state index contributed by atoms with van der Waals surface area (Å²) in [6.07, 6.45) is 1.18. The summed E-state index contributed by atoms with van der Waals surface area (Å²) in [6, 6.07) is 6.88. The van der Waals surface area contributed by atoms with Gasteiger partial charge in [0.1, 0.15) is 12.4 Å². The Morgan fingerprint density at radius 1 is 1.32 bits per heavy atom. The van der Waals surface area contributed by atoms with Gasteiger partial charge in [-0.25, -0.2) is 9.78 Å². The molecule has 2 aromatic rings. The second-order valence-electron chi connectivity index (χ2n) is 6.00. The van der Waals surface area contributed by atoms with Crippen molar-refractivity contribution in [3.63, 3.8) is 0 Å². The predicted octanol–water partition coefficient (Wildman–Crippen LogP) is 2.85. The van der Waals surface area contributed by atoms with Crippen LogP contribution in [-0.4, -0.2) is 29.0 Å². The zero-order valence-electron chi connectivity index (χ0n) is 14.2. The van der Waals surface area contributed by atoms with Crippen molar-refractivity contribution in [3.05, 3.63) is 45.9 Å². The van der Waals surface area contributed by atoms with Crippen molar-refractivity contribution < 1.29 is 19.1 Å². The molecule has 25 heavy (non-hydrogen) atoms. The number of benzene rings is 1. The van der Waals surface area contributed by atoms with Crippen LogP contribution in [0.15, 0.2) is 29.6 Å². The molecule has 1 fully saturated rings. The van der Waals surface area contributed by atoms with E-state index in [9.17, 15) is 9.59 Å². The van der Waals surface area contributed by atoms with E-state index < -0.39 is 12.1 Å². The number of amides is 1. The minimum Gasteiger partial charge on any atom is -0.487 e. The lowest BCUT2D eigenvalue weighted by Gasteiger charge is -2.13. The van der Waals surface area contributed by atoms with Crippen molar-refractivity contribution >= 4 is 23.2 Å². The maximum absolute atomic E-state index is 12.1. The van der Waals surface area contributed by atoms with E-state index in [-0.39, 0.29) is 11.9 Å². The average molecular weight is 360 g/mol. The molecule has 1 amide bonds. The molecule has 1 aliphatic rings. The summed E-state index contributed by atoms with van der Waals surface area (Å²) in [4.78, 5) is 28.3. The van der Waals surface area contributed by atoms with Gasteiger partial charge in [0.2, 0.25) is 0 Å². The summed E-state index contributed by atoms with van der Waals surface area (Å²) >= 11 is 1.58. The van der Waals surface area contributed by atoms with Crippen molar-refractivity contribution in [3.8, 4) is 5.75 Å². The summed E-state index contributed by atoms with van der Waals surface area (Å²) in [6.45, 7) is 3.90. The summed E-state index contributed by atoms with van der Waals surface area (Å²) in [5.41, 5.74) is 1.25. The zero-order chi connectivity index (χ0) is 17.8. The summed E-state index contributed by atoms with van der Waals surface area (Å²) < 4.78 is 10.8. The molecule has 1 unspecified atom stereocenters. The fraction of sp³-hybridized carbons (Fsp3) is 0.389. The molecule has 1 atom stereocenters. The number of nitrogens with zero attached hydrogens (tertiary/aromatic N) is 1. The fourth-order valence-electron chi connectivity index (χ4n) is 2.15. The third-order valence-electron chi connectivity index (χ3n) is 3.72. The van der Waals surface area contributed by atoms with E-state index in [1.165, 1.54) is 0 Å². The standard InChI is InChI=1S/C18H20N2O4S/c1-11(17(21)20-14-5-6-14)24-18(22)13-3-7-16(8-4-13)23-9-15-10-25-12(2)19-15/h3-4,7-8,10-11,14H,5-6,9H2,1-2H3,(H,20,21). The number of aryl methyl sites for hydroxylation is 1. The Hall–Kier alpha value is -2.41. The van der Waals surface area contributed by atoms with Gasteiger partial charge in [-0.2, -0.15) is 0 Å². The zero-order valence-corrected chi connectivity index (χ0v) is 15.0. The first kappa shape index (κ1) is 17.4. The van der Waals surface area contributed by atoms with Gasteiger partial charge in [-0.1, -0.05) is 0 Å². The third kappa shape index (κ3) is 5.03. The van der Waals surface area contributed by atoms with Crippen molar-refractivity contribution in [2.75, 3.05) is 0 Å². The van der Waals surface area contributed by atoms with Crippen molar-refractivity contribution in [2.24, 2.45) is 0 Å². The van der Waals surface area contributed by atoms with Gasteiger partial charge in [0.15, 0.2) is 6.10 Å². The normalized spacial score (nSPS) is 14.6. The lowest BCUT2D eigenvalue weighted by atomic mass is 10.2. The minimum absolute atomic E-state index is 0.242. The molecule has 1 aromatic carbocycles. The molecule has 0 saturated heterocycles. The van der Waals surface area contributed by atoms with E-state index in [0.717, 1.165) is 23.5 Å². The molecule has 6 nitrogen and oxygen atoms in total. The highest BCUT2D eigenvalue weighted by atomic mass is 32.1. The van der Waals surface area contributed by atoms with Gasteiger partial charge >= 0.3 is 5.97 Å². The lowest BCUT2D eigenvalue weighted by molar-refractivity contribution is -0.129. The first-order chi connectivity index (χ1) is 12.0. The number of carbonyl (C=O) groups excluding carboxylic acids is 2. The number of aromatic nitrogens is 1. The molecular formula is C18H20N2O4S. The highest BCUT2D eigenvalue weighted by Crippen LogP contribution is 2.19. The number of hydrogen-bond donors (Lipinski definition) is 1. The molecule has 0 aliphatic heterocycles. The second kappa shape index (κ2) is 7.65. The highest BCUT2D eigenvalue weighted by molar-refractivity contribution is 7.09. The highest BCUT2D eigenvalue weighted by Gasteiger charge is 2.27. The number of nitrogens with one attached hydrogen (secondary N) is 1. The van der Waals surface area contributed by atoms with Crippen molar-refractivity contribution in [1.29, 1.82) is 0 Å². The van der Waals surface area contributed by atoms with Gasteiger partial charge in [0.25, 0.3) is 5.91 Å². The van der Waals surface area contributed by atoms with Crippen LogP contribution < -0.4 is 10.1 Å². The Kier molecular flexibility index (Phi) is 5.33. The quantitative estimate of drug-likeness (QED) is 0.768. The van der Waals surface area contributed by atoms with Crippen LogP contribution >= 0.6 is 11.3 Å². The van der Waals surface area contributed by atoms with Crippen LogP contribution in [0.1, 0.15) is 40.8 Å². The Morgan fingerprint density at radius 2 is 2.04 bits per heavy atom. The van der Waals surface area contributed by atoms with Crippen LogP contribution in [0, 0.1) is 6.92 Å². The minimum atomic E-state index is -0.808. The van der Waals surface area contributed by atoms with Gasteiger partial charge in [0.05, 0.1) is 16.3 Å². The maximum atomic E-state index is 12.1. The van der Waals surface area contributed by atoms with Gasteiger partial charge in [-0.05, 0) is 51.0 Å². The molecule has 3 rings (SSSR count). The molecule has 132 valence electrons. The van der Waals surface area contributed by atoms with Crippen LogP contribution in [0.5, 0.6) is 5.75 Å². The van der Waals surface area contributed by atoms with Crippen LogP contribution in [0.2, 0.25) is 0 Å². The van der Waals surface area contributed by atoms with E-state index in [4.69, 9.17) is 9.47 Å². The van der Waals surface area contributed by atoms with Gasteiger partial charge in [-0.3, -0.25) is 4.79 Å². The molecule has 1 aliphatic carbocycles. The number of ether oxygens (including phenoxy) is 2. The molecule has 1 N–H and O–H groups in total. The van der Waals surface area contributed by atoms with Crippen molar-refractivity contribution in [1.82, 2.24) is 10.3 Å². The van der Waals surface area contributed by atoms with Crippen molar-refractivity contribution in [2.45, 2.75) is 45.4 Å². The number of carbonyl (C=O) groups is 2. The van der Waals surface area contributed by atoms with E-state index in [1.807, 2.05) is 12.3 Å². The maximum Gasteiger partial charge on any atom is 0.338 e. The summed E-state index contributed by atoms with van der Waals surface area (Å²) in [7, 11) is 0. The van der Waals surface area contributed by atoms with Gasteiger partial charge in [-0.15, -0.1) is 11.3 Å². The number of thiazole rings is 1. The van der Waals surface area contributed by atoms with Crippen LogP contribution in [0.4, 0.5) is 0 Å². The lowest BCUT2D eigenvalue weighted by Crippen LogP contribution is -2.37. The SMILES string of the molecule is Cc1nc(COc2ccc(C(=O)OC(C)C(=O)NC3CC3)cc2)cs1. The molecule has 0 spiro atoms. The largest absolute Gasteiger partial charge is 0.487 e. The predicted molar refractivity (Wildman–Crippen MR) is 93.7 cm³/mol. The Morgan fingerprint density at radius 3 is 2.64 bits per heavy atom. The molecule has 1 aromatic heterocycles. The Labute approximate surface area is 150 Å². The molecule has 1 heterocycles. The summed E-state index contributed by atoms with van der Waals surface area (Å²) in [5, 5.41) is 5.76. The monoisotopic (exact) mass is 360 g/mol. The van der Waals surface area contributed by atoms with E-state index in [2.05, 4.69) is 10.3 Å². The number of hydrogen-bond acceptors (Lipinski definition) is 6. The van der Waals surface area contributed by atoms with E-state index in [1.54, 1.807) is 42.5 Å². The number of esters is 1. The van der Waals surface area contributed by atoms with Crippen LogP contribution in [0.25, 0.3) is 0 Å². The first-order valence-electron chi connectivity index (χ1n) is 8.16. The van der Waals surface area contributed by atoms with Gasteiger partial charge in [0, 0.05) is 11.4 Å². The average Bonchev–Trinajstić information content (AvgIpc) is 3.32. The Balaban J connectivity index is 1.50. The smallest absolute Gasteiger partial charge is 0.338 e. The molecule has 1 saturated carbocycles. The molecule has 0 radical (unpaired) electrons. The Bertz CT molecular complexity index is 753. The molecule has 7 heteroatoms. The van der Waals surface area contributed by atoms with E-state index in [0.29, 0.717) is 17.9 Å². The summed E-state index contributed by atoms with van der Waals surface area (Å²) in [5.74, 6) is -0.142. The third-order valence-corrected chi connectivity index (χ3v) is 4.54. The first-order valence-corrected chi connectivity index (χ1v) is 9.04. The fourth-order valence-corrected chi connectivity index (χ4v) is 2.74. The van der Waals surface area contributed by atoms with Crippen LogP contribution in [0.3, 0.4) is 0 Å². The van der Waals surface area contributed by atoms with E-state index >= 15 is 0 Å². The topological polar surface area (TPSA) is 77.5 Å². The number of rotatable bonds is 7. The second-order valence-corrected chi connectivity index (χ2v) is 7.06. The van der Waals surface area contributed by atoms with Crippen LogP contribution in [-0.2, 0) is 16.1 Å². The van der Waals surface area contributed by atoms with Gasteiger partial charge < -0.3 is 14.8 Å². The molecule has 0 bridgehead atoms.